The highest BCUT2D eigenvalue weighted by Crippen LogP contribution is 2.38. The Labute approximate surface area is 220 Å². The van der Waals surface area contributed by atoms with Gasteiger partial charge in [0.2, 0.25) is 11.8 Å². The Kier molecular flexibility index (Phi) is 8.29. The third-order valence-electron chi connectivity index (χ3n) is 6.20. The van der Waals surface area contributed by atoms with Crippen LogP contribution in [0.25, 0.3) is 11.2 Å². The van der Waals surface area contributed by atoms with Crippen molar-refractivity contribution in [3.63, 3.8) is 0 Å². The van der Waals surface area contributed by atoms with Crippen molar-refractivity contribution in [1.82, 2.24) is 24.8 Å². The zero-order valence-electron chi connectivity index (χ0n) is 20.0. The number of rotatable bonds is 8. The summed E-state index contributed by atoms with van der Waals surface area (Å²) in [6.07, 6.45) is -0.947. The topological polar surface area (TPSA) is 103 Å². The highest BCUT2D eigenvalue weighted by Gasteiger charge is 2.41. The maximum absolute atomic E-state index is 13.2. The molecule has 0 saturated heterocycles. The Morgan fingerprint density at radius 2 is 1.81 bits per heavy atom. The number of carbonyl (C=O) groups excluding carboxylic acids is 1. The van der Waals surface area contributed by atoms with Crippen molar-refractivity contribution < 1.29 is 27.4 Å². The van der Waals surface area contributed by atoms with Gasteiger partial charge >= 0.3 is 6.18 Å². The Balaban J connectivity index is 1.61. The fourth-order valence-corrected chi connectivity index (χ4v) is 4.63. The zero-order chi connectivity index (χ0) is 26.7. The minimum atomic E-state index is -4.22. The van der Waals surface area contributed by atoms with Crippen LogP contribution in [0.1, 0.15) is 36.0 Å². The van der Waals surface area contributed by atoms with E-state index >= 15 is 0 Å². The van der Waals surface area contributed by atoms with Gasteiger partial charge in [0.25, 0.3) is 5.91 Å². The lowest BCUT2D eigenvalue weighted by Gasteiger charge is -2.30. The number of imidazole rings is 1. The second-order valence-electron chi connectivity index (χ2n) is 8.69. The summed E-state index contributed by atoms with van der Waals surface area (Å²) in [4.78, 5) is 26.1. The van der Waals surface area contributed by atoms with Crippen molar-refractivity contribution in [1.29, 1.82) is 0 Å². The predicted molar refractivity (Wildman–Crippen MR) is 133 cm³/mol. The number of pyridine rings is 2. The molecule has 200 valence electrons. The van der Waals surface area contributed by atoms with E-state index in [1.807, 2.05) is 0 Å². The SMILES string of the molecule is COCCOc1nc2c(cc1C(=O)NC1CCC(C(F)(F)F)CC1)nc(Nc1c(Cl)cncc1Cl)n2C. The molecule has 0 unspecified atom stereocenters. The van der Waals surface area contributed by atoms with Crippen molar-refractivity contribution in [3.05, 3.63) is 34.1 Å². The number of halogens is 5. The number of hydrogen-bond donors (Lipinski definition) is 2. The maximum Gasteiger partial charge on any atom is 0.391 e. The van der Waals surface area contributed by atoms with Gasteiger partial charge in [0.05, 0.1) is 28.3 Å². The molecular weight excluding hydrogens is 536 g/mol. The van der Waals surface area contributed by atoms with Crippen LogP contribution in [-0.4, -0.2) is 58.0 Å². The van der Waals surface area contributed by atoms with Crippen LogP contribution in [0.4, 0.5) is 24.8 Å². The van der Waals surface area contributed by atoms with E-state index in [4.69, 9.17) is 32.7 Å². The van der Waals surface area contributed by atoms with E-state index in [-0.39, 0.29) is 66.4 Å². The largest absolute Gasteiger partial charge is 0.475 e. The molecule has 3 aromatic heterocycles. The van der Waals surface area contributed by atoms with E-state index in [0.29, 0.717) is 22.8 Å². The number of aromatic nitrogens is 4. The molecule has 3 aromatic rings. The van der Waals surface area contributed by atoms with Gasteiger partial charge in [-0.3, -0.25) is 14.3 Å². The number of ether oxygens (including phenoxy) is 2. The first kappa shape index (κ1) is 27.2. The third-order valence-corrected chi connectivity index (χ3v) is 6.77. The van der Waals surface area contributed by atoms with Crippen LogP contribution in [-0.2, 0) is 11.8 Å². The van der Waals surface area contributed by atoms with Gasteiger partial charge in [0.1, 0.15) is 17.7 Å². The standard InChI is InChI=1S/C23H25Cl2F3N6O3/c1-34-19-17(31-22(34)32-18-15(24)10-29-11-16(18)25)9-14(21(33-19)37-8-7-36-2)20(35)30-13-5-3-12(4-6-13)23(26,27)28/h9-13H,3-8H2,1-2H3,(H,30,35)(H,29,31,32). The predicted octanol–water partition coefficient (Wildman–Crippen LogP) is 5.29. The minimum absolute atomic E-state index is 0.0294. The molecular formula is C23H25Cl2F3N6O3. The average molecular weight is 561 g/mol. The summed E-state index contributed by atoms with van der Waals surface area (Å²) in [5, 5.41) is 6.46. The summed E-state index contributed by atoms with van der Waals surface area (Å²) in [7, 11) is 3.23. The fraction of sp³-hybridized carbons (Fsp3) is 0.478. The van der Waals surface area contributed by atoms with Crippen molar-refractivity contribution in [2.75, 3.05) is 25.6 Å². The van der Waals surface area contributed by atoms with Crippen molar-refractivity contribution in [2.24, 2.45) is 13.0 Å². The van der Waals surface area contributed by atoms with Crippen LogP contribution in [0.15, 0.2) is 18.5 Å². The molecule has 9 nitrogen and oxygen atoms in total. The number of hydrogen-bond acceptors (Lipinski definition) is 7. The number of nitrogens with zero attached hydrogens (tertiary/aromatic N) is 4. The van der Waals surface area contributed by atoms with Gasteiger partial charge in [-0.25, -0.2) is 4.98 Å². The second-order valence-corrected chi connectivity index (χ2v) is 9.50. The molecule has 2 N–H and O–H groups in total. The summed E-state index contributed by atoms with van der Waals surface area (Å²) < 4.78 is 51.4. The number of alkyl halides is 3. The fourth-order valence-electron chi connectivity index (χ4n) is 4.17. The quantitative estimate of drug-likeness (QED) is 0.361. The Morgan fingerprint density at radius 1 is 1.14 bits per heavy atom. The first-order chi connectivity index (χ1) is 17.6. The lowest BCUT2D eigenvalue weighted by Crippen LogP contribution is -2.40. The first-order valence-electron chi connectivity index (χ1n) is 11.5. The first-order valence-corrected chi connectivity index (χ1v) is 12.3. The maximum atomic E-state index is 13.2. The van der Waals surface area contributed by atoms with E-state index in [0.717, 1.165) is 0 Å². The molecule has 0 radical (unpaired) electrons. The molecule has 1 saturated carbocycles. The van der Waals surface area contributed by atoms with Gasteiger partial charge in [0, 0.05) is 32.6 Å². The molecule has 0 atom stereocenters. The lowest BCUT2D eigenvalue weighted by molar-refractivity contribution is -0.182. The Bertz CT molecular complexity index is 1260. The molecule has 0 aromatic carbocycles. The number of anilines is 2. The van der Waals surface area contributed by atoms with E-state index in [1.54, 1.807) is 11.6 Å². The number of methoxy groups -OCH3 is 1. The normalized spacial score (nSPS) is 18.1. The van der Waals surface area contributed by atoms with Crippen molar-refractivity contribution in [3.8, 4) is 5.88 Å². The lowest BCUT2D eigenvalue weighted by atomic mass is 9.85. The Morgan fingerprint density at radius 3 is 2.43 bits per heavy atom. The Hall–Kier alpha value is -2.83. The molecule has 0 aliphatic heterocycles. The molecule has 3 heterocycles. The van der Waals surface area contributed by atoms with Gasteiger partial charge < -0.3 is 20.1 Å². The number of aryl methyl sites for hydroxylation is 1. The molecule has 14 heteroatoms. The molecule has 0 spiro atoms. The summed E-state index contributed by atoms with van der Waals surface area (Å²) in [6, 6.07) is 1.15. The van der Waals surface area contributed by atoms with Crippen LogP contribution in [0.2, 0.25) is 10.0 Å². The highest BCUT2D eigenvalue weighted by atomic mass is 35.5. The van der Waals surface area contributed by atoms with E-state index in [2.05, 4.69) is 25.6 Å². The highest BCUT2D eigenvalue weighted by molar-refractivity contribution is 6.39. The summed E-state index contributed by atoms with van der Waals surface area (Å²) in [5.41, 5.74) is 1.32. The number of fused-ring (bicyclic) bond motifs is 1. The molecule has 1 aliphatic rings. The van der Waals surface area contributed by atoms with Gasteiger partial charge in [-0.2, -0.15) is 18.2 Å². The molecule has 4 rings (SSSR count). The van der Waals surface area contributed by atoms with Crippen LogP contribution >= 0.6 is 23.2 Å². The molecule has 0 bridgehead atoms. The molecule has 37 heavy (non-hydrogen) atoms. The minimum Gasteiger partial charge on any atom is -0.475 e. The van der Waals surface area contributed by atoms with E-state index < -0.39 is 18.0 Å². The number of amides is 1. The molecule has 1 aliphatic carbocycles. The summed E-state index contributed by atoms with van der Waals surface area (Å²) in [5.74, 6) is -1.44. The number of carbonyl (C=O) groups is 1. The molecule has 1 amide bonds. The summed E-state index contributed by atoms with van der Waals surface area (Å²) in [6.45, 7) is 0.399. The summed E-state index contributed by atoms with van der Waals surface area (Å²) >= 11 is 12.4. The van der Waals surface area contributed by atoms with Crippen LogP contribution in [0.5, 0.6) is 5.88 Å². The smallest absolute Gasteiger partial charge is 0.391 e. The van der Waals surface area contributed by atoms with Crippen molar-refractivity contribution in [2.45, 2.75) is 37.9 Å². The zero-order valence-corrected chi connectivity index (χ0v) is 21.5. The average Bonchev–Trinajstić information content (AvgIpc) is 3.15. The van der Waals surface area contributed by atoms with Crippen LogP contribution in [0, 0.1) is 5.92 Å². The van der Waals surface area contributed by atoms with E-state index in [9.17, 15) is 18.0 Å². The van der Waals surface area contributed by atoms with Gasteiger partial charge in [-0.05, 0) is 31.7 Å². The van der Waals surface area contributed by atoms with Crippen molar-refractivity contribution >= 4 is 51.9 Å². The van der Waals surface area contributed by atoms with Gasteiger partial charge in [0.15, 0.2) is 5.65 Å². The number of nitrogens with one attached hydrogen (secondary N) is 2. The monoisotopic (exact) mass is 560 g/mol. The second kappa shape index (κ2) is 11.3. The molecule has 1 fully saturated rings. The van der Waals surface area contributed by atoms with Crippen LogP contribution < -0.4 is 15.4 Å². The third kappa shape index (κ3) is 6.19. The van der Waals surface area contributed by atoms with Gasteiger partial charge in [-0.15, -0.1) is 0 Å². The van der Waals surface area contributed by atoms with Crippen LogP contribution in [0.3, 0.4) is 0 Å². The van der Waals surface area contributed by atoms with Gasteiger partial charge in [-0.1, -0.05) is 23.2 Å². The van der Waals surface area contributed by atoms with E-state index in [1.165, 1.54) is 25.6 Å².